The molecule has 0 aromatic carbocycles. The first kappa shape index (κ1) is 15.5. The molecule has 0 saturated heterocycles. The number of halogens is 2. The Morgan fingerprint density at radius 2 is 2.00 bits per heavy atom. The lowest BCUT2D eigenvalue weighted by atomic mass is 10.8. The van der Waals surface area contributed by atoms with Gasteiger partial charge in [-0.25, -0.2) is 9.97 Å². The Morgan fingerprint density at radius 3 is 2.14 bits per heavy atom. The topological polar surface area (TPSA) is 46.5 Å². The lowest BCUT2D eigenvalue weighted by molar-refractivity contribution is 0.913. The van der Waals surface area contributed by atoms with Gasteiger partial charge in [-0.1, -0.05) is 0 Å². The van der Waals surface area contributed by atoms with Crippen molar-refractivity contribution in [1.29, 1.82) is 0 Å². The molecule has 0 bridgehead atoms. The average Bonchev–Trinajstić information content (AvgIpc) is 2.63. The smallest absolute Gasteiger partial charge is 0.102 e. The second-order valence-corrected chi connectivity index (χ2v) is 2.40. The fraction of sp³-hybridized carbons (Fsp3) is 0.250. The molecule has 0 atom stereocenters. The highest BCUT2D eigenvalue weighted by Gasteiger charge is 1.73. The molecule has 0 aliphatic rings. The van der Waals surface area contributed by atoms with Crippen molar-refractivity contribution in [3.63, 3.8) is 0 Å². The van der Waals surface area contributed by atoms with Crippen LogP contribution in [0, 0.1) is 6.92 Å². The Kier molecular flexibility index (Phi) is 9.49. The molecule has 0 radical (unpaired) electrons. The molecule has 80 valence electrons. The number of hydrogen-bond donors (Lipinski definition) is 1. The first-order chi connectivity index (χ1) is 5.79. The second kappa shape index (κ2) is 8.59. The highest BCUT2D eigenvalue weighted by atomic mass is 35.5. The summed E-state index contributed by atoms with van der Waals surface area (Å²) in [5.74, 6) is 0.968. The van der Waals surface area contributed by atoms with Crippen molar-refractivity contribution >= 4 is 24.8 Å². The third kappa shape index (κ3) is 6.51. The van der Waals surface area contributed by atoms with E-state index in [1.54, 1.807) is 24.9 Å². The van der Waals surface area contributed by atoms with Gasteiger partial charge in [0, 0.05) is 31.8 Å². The Balaban J connectivity index is 0. The molecule has 0 fully saturated rings. The van der Waals surface area contributed by atoms with Crippen molar-refractivity contribution in [1.82, 2.24) is 19.5 Å². The van der Waals surface area contributed by atoms with Gasteiger partial charge >= 0.3 is 0 Å². The minimum Gasteiger partial charge on any atom is -0.349 e. The molecule has 0 saturated carbocycles. The minimum absolute atomic E-state index is 0. The van der Waals surface area contributed by atoms with Crippen LogP contribution in [0.15, 0.2) is 31.1 Å². The number of imidazole rings is 2. The van der Waals surface area contributed by atoms with E-state index in [0.29, 0.717) is 0 Å². The minimum atomic E-state index is 0. The number of nitrogens with one attached hydrogen (secondary N) is 1. The molecule has 0 amide bonds. The number of hydrogen-bond acceptors (Lipinski definition) is 2. The maximum Gasteiger partial charge on any atom is 0.102 e. The largest absolute Gasteiger partial charge is 0.349 e. The van der Waals surface area contributed by atoms with E-state index in [4.69, 9.17) is 0 Å². The van der Waals surface area contributed by atoms with Crippen molar-refractivity contribution in [2.24, 2.45) is 7.05 Å². The van der Waals surface area contributed by atoms with Gasteiger partial charge in [0.25, 0.3) is 0 Å². The first-order valence-corrected chi connectivity index (χ1v) is 3.67. The van der Waals surface area contributed by atoms with Crippen molar-refractivity contribution < 1.29 is 0 Å². The molecule has 0 aliphatic heterocycles. The van der Waals surface area contributed by atoms with Gasteiger partial charge in [-0.15, -0.1) is 24.8 Å². The van der Waals surface area contributed by atoms with E-state index in [1.807, 2.05) is 24.7 Å². The van der Waals surface area contributed by atoms with Gasteiger partial charge in [0.05, 0.1) is 6.33 Å². The van der Waals surface area contributed by atoms with Gasteiger partial charge in [0.15, 0.2) is 0 Å². The van der Waals surface area contributed by atoms with Crippen LogP contribution in [-0.4, -0.2) is 19.5 Å². The molecular weight excluding hydrogens is 223 g/mol. The van der Waals surface area contributed by atoms with Crippen LogP contribution in [0.25, 0.3) is 0 Å². The highest BCUT2D eigenvalue weighted by Crippen LogP contribution is 1.78. The molecule has 1 N–H and O–H groups in total. The van der Waals surface area contributed by atoms with E-state index in [2.05, 4.69) is 15.0 Å². The van der Waals surface area contributed by atoms with Crippen LogP contribution in [0.1, 0.15) is 5.82 Å². The predicted molar refractivity (Wildman–Crippen MR) is 61.0 cm³/mol. The van der Waals surface area contributed by atoms with Crippen LogP contribution in [0.5, 0.6) is 0 Å². The maximum absolute atomic E-state index is 3.86. The summed E-state index contributed by atoms with van der Waals surface area (Å²) in [6.45, 7) is 1.92. The van der Waals surface area contributed by atoms with Crippen LogP contribution < -0.4 is 0 Å². The zero-order valence-corrected chi connectivity index (χ0v) is 9.68. The quantitative estimate of drug-likeness (QED) is 0.761. The number of aryl methyl sites for hydroxylation is 2. The van der Waals surface area contributed by atoms with Gasteiger partial charge < -0.3 is 9.55 Å². The molecule has 2 rings (SSSR count). The predicted octanol–water partition coefficient (Wildman–Crippen LogP) is 1.98. The van der Waals surface area contributed by atoms with Crippen molar-refractivity contribution in [3.05, 3.63) is 36.9 Å². The molecular formula is C8H14Cl2N4. The molecule has 2 aromatic heterocycles. The average molecular weight is 237 g/mol. The van der Waals surface area contributed by atoms with E-state index < -0.39 is 0 Å². The van der Waals surface area contributed by atoms with Gasteiger partial charge in [-0.05, 0) is 6.92 Å². The SMILES string of the molecule is Cc1ncc[nH]1.Cl.Cl.Cn1ccnc1. The summed E-state index contributed by atoms with van der Waals surface area (Å²) >= 11 is 0. The van der Waals surface area contributed by atoms with Crippen molar-refractivity contribution in [3.8, 4) is 0 Å². The number of rotatable bonds is 0. The standard InChI is InChI=1S/2C4H6N2.2ClH/c1-6-3-2-5-4-6;1-4-5-2-3-6-4;;/h2-4H,1H3;2-3H,1H3,(H,5,6);2*1H. The number of aromatic amines is 1. The molecule has 0 unspecified atom stereocenters. The number of H-pyrrole nitrogens is 1. The number of nitrogens with zero attached hydrogens (tertiary/aromatic N) is 3. The maximum atomic E-state index is 3.86. The van der Waals surface area contributed by atoms with Crippen LogP contribution in [-0.2, 0) is 7.05 Å². The van der Waals surface area contributed by atoms with E-state index in [1.165, 1.54) is 0 Å². The number of aromatic nitrogens is 4. The Hall–Kier alpha value is -1.00. The molecule has 4 nitrogen and oxygen atoms in total. The Labute approximate surface area is 95.6 Å². The van der Waals surface area contributed by atoms with Crippen LogP contribution in [0.4, 0.5) is 0 Å². The monoisotopic (exact) mass is 236 g/mol. The third-order valence-electron chi connectivity index (χ3n) is 1.27. The summed E-state index contributed by atoms with van der Waals surface area (Å²) in [5, 5.41) is 0. The van der Waals surface area contributed by atoms with E-state index in [0.717, 1.165) is 5.82 Å². The molecule has 14 heavy (non-hydrogen) atoms. The normalized spacial score (nSPS) is 7.57. The van der Waals surface area contributed by atoms with E-state index >= 15 is 0 Å². The van der Waals surface area contributed by atoms with Crippen molar-refractivity contribution in [2.45, 2.75) is 6.92 Å². The Morgan fingerprint density at radius 1 is 1.29 bits per heavy atom. The molecule has 2 heterocycles. The fourth-order valence-electron chi connectivity index (χ4n) is 0.670. The highest BCUT2D eigenvalue weighted by molar-refractivity contribution is 5.85. The summed E-state index contributed by atoms with van der Waals surface area (Å²) in [6.07, 6.45) is 8.92. The van der Waals surface area contributed by atoms with Crippen LogP contribution in [0.2, 0.25) is 0 Å². The van der Waals surface area contributed by atoms with E-state index in [9.17, 15) is 0 Å². The van der Waals surface area contributed by atoms with Crippen LogP contribution >= 0.6 is 24.8 Å². The van der Waals surface area contributed by atoms with E-state index in [-0.39, 0.29) is 24.8 Å². The molecule has 0 spiro atoms. The molecule has 2 aromatic rings. The molecule has 6 heteroatoms. The zero-order valence-electron chi connectivity index (χ0n) is 8.04. The lowest BCUT2D eigenvalue weighted by Crippen LogP contribution is -1.76. The van der Waals surface area contributed by atoms with Gasteiger partial charge in [-0.3, -0.25) is 0 Å². The summed E-state index contributed by atoms with van der Waals surface area (Å²) in [5.41, 5.74) is 0. The summed E-state index contributed by atoms with van der Waals surface area (Å²) in [4.78, 5) is 10.5. The van der Waals surface area contributed by atoms with Crippen molar-refractivity contribution in [2.75, 3.05) is 0 Å². The summed E-state index contributed by atoms with van der Waals surface area (Å²) < 4.78 is 1.89. The fourth-order valence-corrected chi connectivity index (χ4v) is 0.670. The first-order valence-electron chi connectivity index (χ1n) is 3.67. The second-order valence-electron chi connectivity index (χ2n) is 2.40. The van der Waals surface area contributed by atoms with Gasteiger partial charge in [-0.2, -0.15) is 0 Å². The summed E-state index contributed by atoms with van der Waals surface area (Å²) in [7, 11) is 1.94. The molecule has 0 aliphatic carbocycles. The lowest BCUT2D eigenvalue weighted by Gasteiger charge is -1.76. The Bertz CT molecular complexity index is 259. The summed E-state index contributed by atoms with van der Waals surface area (Å²) in [6, 6.07) is 0. The van der Waals surface area contributed by atoms with Gasteiger partial charge in [0.2, 0.25) is 0 Å². The third-order valence-corrected chi connectivity index (χ3v) is 1.27. The van der Waals surface area contributed by atoms with Gasteiger partial charge in [0.1, 0.15) is 5.82 Å². The zero-order chi connectivity index (χ0) is 8.81. The van der Waals surface area contributed by atoms with Crippen LogP contribution in [0.3, 0.4) is 0 Å².